The van der Waals surface area contributed by atoms with Crippen molar-refractivity contribution in [1.29, 1.82) is 0 Å². The van der Waals surface area contributed by atoms with Gasteiger partial charge in [0.25, 0.3) is 5.91 Å². The van der Waals surface area contributed by atoms with Crippen molar-refractivity contribution >= 4 is 23.4 Å². The van der Waals surface area contributed by atoms with E-state index >= 15 is 0 Å². The average molecular weight is 399 g/mol. The van der Waals surface area contributed by atoms with Gasteiger partial charge in [0.2, 0.25) is 5.91 Å². The predicted octanol–water partition coefficient (Wildman–Crippen LogP) is 4.31. The van der Waals surface area contributed by atoms with Crippen LogP contribution in [-0.2, 0) is 11.2 Å². The molecule has 4 nitrogen and oxygen atoms in total. The number of halogens is 1. The minimum absolute atomic E-state index is 0.0238. The highest BCUT2D eigenvalue weighted by Crippen LogP contribution is 2.25. The highest BCUT2D eigenvalue weighted by Gasteiger charge is 2.32. The third-order valence-electron chi connectivity index (χ3n) is 5.24. The van der Waals surface area contributed by atoms with Gasteiger partial charge in [-0.05, 0) is 62.9 Å². The molecular formula is C23H27ClN2O2. The van der Waals surface area contributed by atoms with Gasteiger partial charge in [-0.25, -0.2) is 0 Å². The minimum atomic E-state index is -0.0238. The largest absolute Gasteiger partial charge is 0.353 e. The molecule has 148 valence electrons. The lowest BCUT2D eigenvalue weighted by atomic mass is 9.91. The van der Waals surface area contributed by atoms with Crippen LogP contribution in [0.1, 0.15) is 46.8 Å². The summed E-state index contributed by atoms with van der Waals surface area (Å²) >= 11 is 6.01. The molecule has 1 saturated heterocycles. The molecular weight excluding hydrogens is 372 g/mol. The lowest BCUT2D eigenvalue weighted by Crippen LogP contribution is -2.52. The molecule has 1 fully saturated rings. The maximum absolute atomic E-state index is 13.3. The van der Waals surface area contributed by atoms with Crippen LogP contribution in [-0.4, -0.2) is 35.3 Å². The first-order valence-electron chi connectivity index (χ1n) is 9.72. The second-order valence-corrected chi connectivity index (χ2v) is 8.22. The van der Waals surface area contributed by atoms with E-state index in [-0.39, 0.29) is 23.9 Å². The topological polar surface area (TPSA) is 49.4 Å². The molecule has 2 atom stereocenters. The summed E-state index contributed by atoms with van der Waals surface area (Å²) in [5.41, 5.74) is 4.05. The summed E-state index contributed by atoms with van der Waals surface area (Å²) in [6, 6.07) is 13.9. The number of benzene rings is 2. The Kier molecular flexibility index (Phi) is 6.40. The molecule has 0 saturated carbocycles. The van der Waals surface area contributed by atoms with Crippen LogP contribution in [0.5, 0.6) is 0 Å². The van der Waals surface area contributed by atoms with Gasteiger partial charge in [0.05, 0.1) is 0 Å². The standard InChI is InChI=1S/C23H27ClN2O2/c1-15-10-16(2)12-19(11-15)23(28)26-9-8-21(25-17(3)27)14-22(26)13-18-4-6-20(24)7-5-18/h4-7,10-12,21-22H,8-9,13-14H2,1-3H3,(H,25,27). The van der Waals surface area contributed by atoms with Gasteiger partial charge in [-0.3, -0.25) is 9.59 Å². The Morgan fingerprint density at radius 2 is 1.75 bits per heavy atom. The Labute approximate surface area is 171 Å². The fraction of sp³-hybridized carbons (Fsp3) is 0.391. The SMILES string of the molecule is CC(=O)NC1CCN(C(=O)c2cc(C)cc(C)c2)C(Cc2ccc(Cl)cc2)C1. The molecule has 1 aliphatic heterocycles. The Balaban J connectivity index is 1.84. The monoisotopic (exact) mass is 398 g/mol. The van der Waals surface area contributed by atoms with Crippen molar-refractivity contribution in [1.82, 2.24) is 10.2 Å². The molecule has 0 bridgehead atoms. The van der Waals surface area contributed by atoms with E-state index in [1.165, 1.54) is 0 Å². The summed E-state index contributed by atoms with van der Waals surface area (Å²) in [7, 11) is 0. The maximum Gasteiger partial charge on any atom is 0.254 e. The van der Waals surface area contributed by atoms with E-state index in [4.69, 9.17) is 11.6 Å². The maximum atomic E-state index is 13.3. The molecule has 1 N–H and O–H groups in total. The number of nitrogens with one attached hydrogen (secondary N) is 1. The smallest absolute Gasteiger partial charge is 0.254 e. The van der Waals surface area contributed by atoms with E-state index in [1.807, 2.05) is 55.1 Å². The predicted molar refractivity (Wildman–Crippen MR) is 113 cm³/mol. The first kappa shape index (κ1) is 20.4. The van der Waals surface area contributed by atoms with Crippen molar-refractivity contribution in [3.8, 4) is 0 Å². The zero-order valence-electron chi connectivity index (χ0n) is 16.7. The van der Waals surface area contributed by atoms with Gasteiger partial charge in [0.1, 0.15) is 0 Å². The lowest BCUT2D eigenvalue weighted by Gasteiger charge is -2.40. The van der Waals surface area contributed by atoms with Gasteiger partial charge in [-0.15, -0.1) is 0 Å². The molecule has 0 radical (unpaired) electrons. The number of carbonyl (C=O) groups is 2. The van der Waals surface area contributed by atoms with Crippen LogP contribution >= 0.6 is 11.6 Å². The number of rotatable bonds is 4. The van der Waals surface area contributed by atoms with Crippen molar-refractivity contribution in [2.75, 3.05) is 6.54 Å². The number of amides is 2. The molecule has 28 heavy (non-hydrogen) atoms. The van der Waals surface area contributed by atoms with Gasteiger partial charge in [-0.1, -0.05) is 40.9 Å². The summed E-state index contributed by atoms with van der Waals surface area (Å²) in [5.74, 6) is 0.0383. The van der Waals surface area contributed by atoms with E-state index < -0.39 is 0 Å². The number of likely N-dealkylation sites (tertiary alicyclic amines) is 1. The van der Waals surface area contributed by atoms with Crippen LogP contribution in [0.4, 0.5) is 0 Å². The van der Waals surface area contributed by atoms with E-state index in [1.54, 1.807) is 6.92 Å². The van der Waals surface area contributed by atoms with Crippen molar-refractivity contribution in [2.24, 2.45) is 0 Å². The average Bonchev–Trinajstić information content (AvgIpc) is 2.62. The highest BCUT2D eigenvalue weighted by molar-refractivity contribution is 6.30. The zero-order chi connectivity index (χ0) is 20.3. The van der Waals surface area contributed by atoms with Gasteiger partial charge in [0, 0.05) is 36.1 Å². The van der Waals surface area contributed by atoms with E-state index in [9.17, 15) is 9.59 Å². The fourth-order valence-electron chi connectivity index (χ4n) is 4.09. The van der Waals surface area contributed by atoms with Crippen molar-refractivity contribution in [3.63, 3.8) is 0 Å². The van der Waals surface area contributed by atoms with Crippen LogP contribution in [0.25, 0.3) is 0 Å². The van der Waals surface area contributed by atoms with E-state index in [0.29, 0.717) is 11.6 Å². The molecule has 5 heteroatoms. The Hall–Kier alpha value is -2.33. The summed E-state index contributed by atoms with van der Waals surface area (Å²) in [5, 5.41) is 3.73. The molecule has 0 spiro atoms. The molecule has 2 aromatic rings. The molecule has 0 aliphatic carbocycles. The summed E-state index contributed by atoms with van der Waals surface area (Å²) in [6.45, 7) is 6.20. The third-order valence-corrected chi connectivity index (χ3v) is 5.49. The Morgan fingerprint density at radius 1 is 1.11 bits per heavy atom. The van der Waals surface area contributed by atoms with E-state index in [0.717, 1.165) is 41.5 Å². The molecule has 2 unspecified atom stereocenters. The van der Waals surface area contributed by atoms with Crippen LogP contribution in [0.2, 0.25) is 5.02 Å². The number of carbonyl (C=O) groups excluding carboxylic acids is 2. The van der Waals surface area contributed by atoms with Crippen LogP contribution in [0.3, 0.4) is 0 Å². The highest BCUT2D eigenvalue weighted by atomic mass is 35.5. The Bertz CT molecular complexity index is 843. The van der Waals surface area contributed by atoms with Crippen LogP contribution in [0, 0.1) is 13.8 Å². The fourth-order valence-corrected chi connectivity index (χ4v) is 4.21. The lowest BCUT2D eigenvalue weighted by molar-refractivity contribution is -0.120. The number of hydrogen-bond acceptors (Lipinski definition) is 2. The normalized spacial score (nSPS) is 19.4. The molecule has 1 aliphatic rings. The van der Waals surface area contributed by atoms with Crippen molar-refractivity contribution < 1.29 is 9.59 Å². The van der Waals surface area contributed by atoms with Crippen LogP contribution in [0.15, 0.2) is 42.5 Å². The number of aryl methyl sites for hydroxylation is 2. The quantitative estimate of drug-likeness (QED) is 0.834. The molecule has 0 aromatic heterocycles. The summed E-state index contributed by atoms with van der Waals surface area (Å²) in [4.78, 5) is 26.8. The first-order chi connectivity index (χ1) is 13.3. The summed E-state index contributed by atoms with van der Waals surface area (Å²) in [6.07, 6.45) is 2.26. The van der Waals surface area contributed by atoms with Gasteiger partial charge in [0.15, 0.2) is 0 Å². The van der Waals surface area contributed by atoms with E-state index in [2.05, 4.69) is 11.4 Å². The van der Waals surface area contributed by atoms with Crippen LogP contribution < -0.4 is 5.32 Å². The zero-order valence-corrected chi connectivity index (χ0v) is 17.4. The molecule has 2 aromatic carbocycles. The number of nitrogens with zero attached hydrogens (tertiary/aromatic N) is 1. The van der Waals surface area contributed by atoms with Gasteiger partial charge >= 0.3 is 0 Å². The third kappa shape index (κ3) is 5.14. The Morgan fingerprint density at radius 3 is 2.36 bits per heavy atom. The van der Waals surface area contributed by atoms with Gasteiger partial charge < -0.3 is 10.2 Å². The second-order valence-electron chi connectivity index (χ2n) is 7.78. The van der Waals surface area contributed by atoms with Gasteiger partial charge in [-0.2, -0.15) is 0 Å². The first-order valence-corrected chi connectivity index (χ1v) is 10.1. The number of hydrogen-bond donors (Lipinski definition) is 1. The second kappa shape index (κ2) is 8.78. The van der Waals surface area contributed by atoms with Crippen molar-refractivity contribution in [3.05, 3.63) is 69.7 Å². The molecule has 1 heterocycles. The molecule has 3 rings (SSSR count). The van der Waals surface area contributed by atoms with Crippen molar-refractivity contribution in [2.45, 2.75) is 52.1 Å². The summed E-state index contributed by atoms with van der Waals surface area (Å²) < 4.78 is 0. The minimum Gasteiger partial charge on any atom is -0.353 e. The molecule has 2 amide bonds. The number of piperidine rings is 1.